The third-order valence-electron chi connectivity index (χ3n) is 6.43. The summed E-state index contributed by atoms with van der Waals surface area (Å²) in [5, 5.41) is 9.35. The molecule has 0 radical (unpaired) electrons. The second kappa shape index (κ2) is 9.18. The zero-order valence-electron chi connectivity index (χ0n) is 19.4. The molecule has 2 atom stereocenters. The molecule has 2 aromatic rings. The Morgan fingerprint density at radius 1 is 1.26 bits per heavy atom. The van der Waals surface area contributed by atoms with Gasteiger partial charge in [-0.05, 0) is 20.3 Å². The highest BCUT2D eigenvalue weighted by atomic mass is 16.6. The summed E-state index contributed by atoms with van der Waals surface area (Å²) >= 11 is 0. The van der Waals surface area contributed by atoms with Crippen molar-refractivity contribution in [3.8, 4) is 11.3 Å². The van der Waals surface area contributed by atoms with Crippen LogP contribution in [-0.4, -0.2) is 100 Å². The molecule has 182 valence electrons. The Morgan fingerprint density at radius 2 is 2.03 bits per heavy atom. The van der Waals surface area contributed by atoms with E-state index in [-0.39, 0.29) is 24.6 Å². The average molecular weight is 471 g/mol. The van der Waals surface area contributed by atoms with E-state index in [1.54, 1.807) is 24.2 Å². The van der Waals surface area contributed by atoms with E-state index in [0.29, 0.717) is 38.8 Å². The van der Waals surface area contributed by atoms with Crippen LogP contribution in [0.1, 0.15) is 19.4 Å². The van der Waals surface area contributed by atoms with E-state index in [2.05, 4.69) is 26.7 Å². The Hall–Kier alpha value is -3.25. The Labute approximate surface area is 197 Å². The number of anilines is 3. The van der Waals surface area contributed by atoms with Crippen LogP contribution in [0.5, 0.6) is 0 Å². The maximum Gasteiger partial charge on any atom is 0.409 e. The molecule has 1 amide bonds. The van der Waals surface area contributed by atoms with Gasteiger partial charge in [0.25, 0.3) is 0 Å². The van der Waals surface area contributed by atoms with Crippen molar-refractivity contribution < 1.29 is 19.4 Å². The second-order valence-corrected chi connectivity index (χ2v) is 9.05. The molecule has 5 rings (SSSR count). The van der Waals surface area contributed by atoms with Crippen LogP contribution >= 0.6 is 0 Å². The maximum atomic E-state index is 12.2. The van der Waals surface area contributed by atoms with Gasteiger partial charge in [-0.2, -0.15) is 4.98 Å². The zero-order chi connectivity index (χ0) is 23.8. The largest absolute Gasteiger partial charge is 0.447 e. The summed E-state index contributed by atoms with van der Waals surface area (Å²) in [4.78, 5) is 36.5. The van der Waals surface area contributed by atoms with Crippen molar-refractivity contribution in [2.45, 2.75) is 38.5 Å². The number of nitrogen functional groups attached to an aromatic ring is 1. The SMILES string of the molecule is C[C@H](O)COC(=O)N1CC(N2CCc3c(-c4cnc(N)nc4)nc(N4CCOC[C@@H]4C)nc32)C1. The Balaban J connectivity index is 1.42. The van der Waals surface area contributed by atoms with E-state index in [1.165, 1.54) is 0 Å². The molecule has 0 aliphatic carbocycles. The van der Waals surface area contributed by atoms with Crippen molar-refractivity contribution in [3.05, 3.63) is 18.0 Å². The fourth-order valence-corrected chi connectivity index (χ4v) is 4.56. The van der Waals surface area contributed by atoms with Gasteiger partial charge in [-0.3, -0.25) is 0 Å². The molecule has 12 nitrogen and oxygen atoms in total. The Morgan fingerprint density at radius 3 is 2.74 bits per heavy atom. The Kier molecular flexibility index (Phi) is 6.09. The number of aliphatic hydroxyl groups is 1. The summed E-state index contributed by atoms with van der Waals surface area (Å²) in [7, 11) is 0. The predicted molar refractivity (Wildman–Crippen MR) is 125 cm³/mol. The summed E-state index contributed by atoms with van der Waals surface area (Å²) in [5.74, 6) is 1.76. The first-order chi connectivity index (χ1) is 16.4. The third-order valence-corrected chi connectivity index (χ3v) is 6.43. The molecule has 2 saturated heterocycles. The molecule has 0 bridgehead atoms. The monoisotopic (exact) mass is 470 g/mol. The second-order valence-electron chi connectivity index (χ2n) is 9.05. The summed E-state index contributed by atoms with van der Waals surface area (Å²) in [6.07, 6.45) is 3.10. The number of fused-ring (bicyclic) bond motifs is 1. The molecule has 12 heteroatoms. The fourth-order valence-electron chi connectivity index (χ4n) is 4.56. The quantitative estimate of drug-likeness (QED) is 0.623. The summed E-state index contributed by atoms with van der Waals surface area (Å²) in [5.41, 5.74) is 8.37. The first kappa shape index (κ1) is 22.5. The molecule has 2 aromatic heterocycles. The maximum absolute atomic E-state index is 12.2. The number of aromatic nitrogens is 4. The summed E-state index contributed by atoms with van der Waals surface area (Å²) in [6, 6.07) is 0.292. The van der Waals surface area contributed by atoms with Crippen molar-refractivity contribution in [1.29, 1.82) is 0 Å². The topological polar surface area (TPSA) is 143 Å². The van der Waals surface area contributed by atoms with E-state index in [1.807, 2.05) is 0 Å². The molecule has 2 fully saturated rings. The zero-order valence-corrected chi connectivity index (χ0v) is 19.4. The van der Waals surface area contributed by atoms with E-state index in [9.17, 15) is 9.90 Å². The van der Waals surface area contributed by atoms with Gasteiger partial charge in [0.2, 0.25) is 11.9 Å². The lowest BCUT2D eigenvalue weighted by Crippen LogP contribution is -2.61. The van der Waals surface area contributed by atoms with Crippen molar-refractivity contribution in [3.63, 3.8) is 0 Å². The van der Waals surface area contributed by atoms with Crippen LogP contribution in [0.4, 0.5) is 22.5 Å². The number of rotatable bonds is 5. The van der Waals surface area contributed by atoms with Crippen molar-refractivity contribution >= 4 is 23.8 Å². The number of hydrogen-bond donors (Lipinski definition) is 2. The molecule has 3 aliphatic rings. The number of aliphatic hydroxyl groups excluding tert-OH is 1. The van der Waals surface area contributed by atoms with Crippen molar-refractivity contribution in [2.75, 3.05) is 61.5 Å². The van der Waals surface area contributed by atoms with Crippen LogP contribution in [-0.2, 0) is 15.9 Å². The van der Waals surface area contributed by atoms with Gasteiger partial charge < -0.3 is 35.0 Å². The lowest BCUT2D eigenvalue weighted by Gasteiger charge is -2.44. The van der Waals surface area contributed by atoms with Crippen LogP contribution in [0.3, 0.4) is 0 Å². The van der Waals surface area contributed by atoms with E-state index >= 15 is 0 Å². The number of carbonyl (C=O) groups is 1. The highest BCUT2D eigenvalue weighted by molar-refractivity contribution is 5.74. The van der Waals surface area contributed by atoms with Crippen molar-refractivity contribution in [2.24, 2.45) is 0 Å². The molecule has 0 spiro atoms. The molecule has 5 heterocycles. The van der Waals surface area contributed by atoms with E-state index in [4.69, 9.17) is 25.2 Å². The number of likely N-dealkylation sites (tertiary alicyclic amines) is 1. The van der Waals surface area contributed by atoms with Crippen molar-refractivity contribution in [1.82, 2.24) is 24.8 Å². The minimum Gasteiger partial charge on any atom is -0.447 e. The van der Waals surface area contributed by atoms with Gasteiger partial charge >= 0.3 is 6.09 Å². The van der Waals surface area contributed by atoms with Crippen LogP contribution in [0.15, 0.2) is 12.4 Å². The fraction of sp³-hybridized carbons (Fsp3) is 0.591. The lowest BCUT2D eigenvalue weighted by molar-refractivity contribution is 0.0375. The highest BCUT2D eigenvalue weighted by Crippen LogP contribution is 2.38. The van der Waals surface area contributed by atoms with Gasteiger partial charge in [0.1, 0.15) is 12.4 Å². The van der Waals surface area contributed by atoms with Crippen LogP contribution in [0.2, 0.25) is 0 Å². The molecule has 0 aromatic carbocycles. The van der Waals surface area contributed by atoms with Crippen LogP contribution in [0.25, 0.3) is 11.3 Å². The Bertz CT molecular complexity index is 1040. The average Bonchev–Trinajstić information content (AvgIpc) is 3.20. The van der Waals surface area contributed by atoms with Crippen LogP contribution in [0, 0.1) is 0 Å². The third kappa shape index (κ3) is 4.30. The van der Waals surface area contributed by atoms with Gasteiger partial charge in [-0.25, -0.2) is 19.7 Å². The summed E-state index contributed by atoms with van der Waals surface area (Å²) in [6.45, 7) is 7.52. The molecular weight excluding hydrogens is 440 g/mol. The van der Waals surface area contributed by atoms with Gasteiger partial charge in [-0.1, -0.05) is 0 Å². The lowest BCUT2D eigenvalue weighted by atomic mass is 10.1. The molecule has 0 saturated carbocycles. The number of morpholine rings is 1. The number of nitrogens with two attached hydrogens (primary N) is 1. The number of carbonyl (C=O) groups excluding carboxylic acids is 1. The van der Waals surface area contributed by atoms with Crippen LogP contribution < -0.4 is 15.5 Å². The summed E-state index contributed by atoms with van der Waals surface area (Å²) < 4.78 is 10.7. The normalized spacial score (nSPS) is 21.3. The number of nitrogens with zero attached hydrogens (tertiary/aromatic N) is 7. The van der Waals surface area contributed by atoms with Gasteiger partial charge in [0, 0.05) is 49.7 Å². The van der Waals surface area contributed by atoms with Gasteiger partial charge in [0.05, 0.1) is 37.1 Å². The minimum absolute atomic E-state index is 0.00606. The molecule has 3 aliphatic heterocycles. The number of hydrogen-bond acceptors (Lipinski definition) is 11. The molecular formula is C22H30N8O4. The van der Waals surface area contributed by atoms with E-state index in [0.717, 1.165) is 35.6 Å². The van der Waals surface area contributed by atoms with E-state index < -0.39 is 12.2 Å². The first-order valence-corrected chi connectivity index (χ1v) is 11.6. The number of amides is 1. The number of ether oxygens (including phenoxy) is 2. The van der Waals surface area contributed by atoms with Gasteiger partial charge in [-0.15, -0.1) is 0 Å². The minimum atomic E-state index is -0.681. The first-order valence-electron chi connectivity index (χ1n) is 11.6. The standard InChI is InChI=1S/C22H30N8O4/c1-13-11-33-6-5-29(13)21-26-18(15-7-24-20(23)25-8-15)17-3-4-30(19(17)27-21)16-9-28(10-16)22(32)34-12-14(2)31/h7-8,13-14,16,31H,3-6,9-12H2,1-2H3,(H2,23,24,25)/t13-,14-/m0/s1. The smallest absolute Gasteiger partial charge is 0.409 e. The highest BCUT2D eigenvalue weighted by Gasteiger charge is 2.40. The molecule has 34 heavy (non-hydrogen) atoms. The molecule has 3 N–H and O–H groups in total. The van der Waals surface area contributed by atoms with Gasteiger partial charge in [0.15, 0.2) is 0 Å². The molecule has 0 unspecified atom stereocenters. The predicted octanol–water partition coefficient (Wildman–Crippen LogP) is 0.305.